The van der Waals surface area contributed by atoms with Crippen LogP contribution in [0.1, 0.15) is 38.8 Å². The maximum Gasteiger partial charge on any atom is 0.410 e. The second kappa shape index (κ2) is 7.38. The van der Waals surface area contributed by atoms with Crippen LogP contribution < -0.4 is 11.1 Å². The summed E-state index contributed by atoms with van der Waals surface area (Å²) in [5, 5.41) is 3.57. The third kappa shape index (κ3) is 4.35. The molecule has 7 heteroatoms. The van der Waals surface area contributed by atoms with Crippen molar-refractivity contribution in [2.45, 2.75) is 44.9 Å². The summed E-state index contributed by atoms with van der Waals surface area (Å²) in [6.45, 7) is 6.72. The monoisotopic (exact) mass is 375 g/mol. The number of nitrogens with zero attached hydrogens (tertiary/aromatic N) is 1. The first-order valence-electron chi connectivity index (χ1n) is 9.35. The number of methoxy groups -OCH3 is 1. The number of nitrogens with one attached hydrogen (secondary N) is 1. The van der Waals surface area contributed by atoms with E-state index in [1.165, 1.54) is 7.11 Å². The Hall–Kier alpha value is -2.28. The molecule has 0 bridgehead atoms. The van der Waals surface area contributed by atoms with E-state index in [1.807, 2.05) is 45.0 Å². The number of carbonyl (C=O) groups excluding carboxylic acids is 2. The van der Waals surface area contributed by atoms with Crippen molar-refractivity contribution in [2.24, 2.45) is 11.8 Å². The Morgan fingerprint density at radius 3 is 2.44 bits per heavy atom. The molecule has 2 saturated heterocycles. The van der Waals surface area contributed by atoms with Crippen molar-refractivity contribution in [3.05, 3.63) is 29.8 Å². The highest BCUT2D eigenvalue weighted by Gasteiger charge is 2.46. The molecule has 1 unspecified atom stereocenters. The van der Waals surface area contributed by atoms with E-state index in [0.29, 0.717) is 25.2 Å². The van der Waals surface area contributed by atoms with Crippen molar-refractivity contribution in [1.29, 1.82) is 0 Å². The second-order valence-corrected chi connectivity index (χ2v) is 8.43. The summed E-state index contributed by atoms with van der Waals surface area (Å²) in [6.07, 6.45) is 0.357. The number of nitrogen functional groups attached to an aromatic ring is 1. The van der Waals surface area contributed by atoms with Gasteiger partial charge in [0.1, 0.15) is 5.60 Å². The van der Waals surface area contributed by atoms with Gasteiger partial charge in [0.2, 0.25) is 0 Å². The highest BCUT2D eigenvalue weighted by Crippen LogP contribution is 2.38. The Bertz CT molecular complexity index is 698. The lowest BCUT2D eigenvalue weighted by atomic mass is 9.79. The molecule has 148 valence electrons. The van der Waals surface area contributed by atoms with Crippen LogP contribution in [0.2, 0.25) is 0 Å². The van der Waals surface area contributed by atoms with Gasteiger partial charge in [-0.05, 0) is 50.8 Å². The Morgan fingerprint density at radius 1 is 1.19 bits per heavy atom. The summed E-state index contributed by atoms with van der Waals surface area (Å²) < 4.78 is 10.5. The van der Waals surface area contributed by atoms with Gasteiger partial charge in [0, 0.05) is 30.9 Å². The van der Waals surface area contributed by atoms with Gasteiger partial charge in [0.15, 0.2) is 0 Å². The number of rotatable bonds is 2. The lowest BCUT2D eigenvalue weighted by Gasteiger charge is -2.38. The molecule has 2 aliphatic rings. The Kier molecular flexibility index (Phi) is 5.33. The van der Waals surface area contributed by atoms with Gasteiger partial charge in [0.25, 0.3) is 0 Å². The quantitative estimate of drug-likeness (QED) is 0.609. The molecule has 0 spiro atoms. The SMILES string of the molecule is COC(=O)[C@H]1CC2CN(C(=O)OC(C)(C)C)C[C@H]2N[C@H]1c1ccc(N)cc1. The first kappa shape index (κ1) is 19.5. The molecule has 3 rings (SSSR count). The van der Waals surface area contributed by atoms with Gasteiger partial charge in [-0.1, -0.05) is 12.1 Å². The molecule has 4 atom stereocenters. The van der Waals surface area contributed by atoms with E-state index in [0.717, 1.165) is 5.56 Å². The van der Waals surface area contributed by atoms with Crippen LogP contribution in [0.3, 0.4) is 0 Å². The van der Waals surface area contributed by atoms with E-state index in [4.69, 9.17) is 15.2 Å². The lowest BCUT2D eigenvalue weighted by Crippen LogP contribution is -2.49. The van der Waals surface area contributed by atoms with Crippen molar-refractivity contribution in [3.8, 4) is 0 Å². The van der Waals surface area contributed by atoms with Crippen LogP contribution in [0.15, 0.2) is 24.3 Å². The molecule has 0 saturated carbocycles. The minimum atomic E-state index is -0.528. The van der Waals surface area contributed by atoms with Gasteiger partial charge >= 0.3 is 12.1 Å². The second-order valence-electron chi connectivity index (χ2n) is 8.43. The van der Waals surface area contributed by atoms with Gasteiger partial charge in [-0.2, -0.15) is 0 Å². The average Bonchev–Trinajstić information content (AvgIpc) is 3.02. The molecule has 2 aliphatic heterocycles. The number of hydrogen-bond acceptors (Lipinski definition) is 6. The van der Waals surface area contributed by atoms with Crippen LogP contribution in [0, 0.1) is 11.8 Å². The first-order chi connectivity index (χ1) is 12.7. The molecular formula is C20H29N3O4. The standard InChI is InChI=1S/C20H29N3O4/c1-20(2,3)27-19(25)23-10-13-9-15(18(24)26-4)17(22-16(13)11-23)12-5-7-14(21)8-6-12/h5-8,13,15-17,22H,9-11,21H2,1-4H3/t13?,15-,16+,17-/m0/s1. The summed E-state index contributed by atoms with van der Waals surface area (Å²) >= 11 is 0. The molecule has 3 N–H and O–H groups in total. The highest BCUT2D eigenvalue weighted by molar-refractivity contribution is 5.74. The van der Waals surface area contributed by atoms with Gasteiger partial charge in [-0.25, -0.2) is 4.79 Å². The van der Waals surface area contributed by atoms with Crippen LogP contribution in [0.25, 0.3) is 0 Å². The summed E-state index contributed by atoms with van der Waals surface area (Å²) in [5.74, 6) is -0.358. The number of nitrogens with two attached hydrogens (primary N) is 1. The number of hydrogen-bond donors (Lipinski definition) is 2. The molecule has 0 aromatic heterocycles. The number of amides is 1. The Balaban J connectivity index is 1.77. The summed E-state index contributed by atoms with van der Waals surface area (Å²) in [5.41, 5.74) is 6.94. The van der Waals surface area contributed by atoms with E-state index in [2.05, 4.69) is 5.32 Å². The molecule has 2 fully saturated rings. The van der Waals surface area contributed by atoms with Crippen LogP contribution >= 0.6 is 0 Å². The molecule has 2 heterocycles. The predicted molar refractivity (Wildman–Crippen MR) is 102 cm³/mol. The highest BCUT2D eigenvalue weighted by atomic mass is 16.6. The number of piperidine rings is 1. The number of esters is 1. The minimum Gasteiger partial charge on any atom is -0.469 e. The third-order valence-electron chi connectivity index (χ3n) is 5.24. The Morgan fingerprint density at radius 2 is 1.85 bits per heavy atom. The largest absolute Gasteiger partial charge is 0.469 e. The molecule has 1 aromatic rings. The third-order valence-corrected chi connectivity index (χ3v) is 5.24. The summed E-state index contributed by atoms with van der Waals surface area (Å²) in [4.78, 5) is 26.6. The van der Waals surface area contributed by atoms with E-state index >= 15 is 0 Å². The summed E-state index contributed by atoms with van der Waals surface area (Å²) in [7, 11) is 1.41. The van der Waals surface area contributed by atoms with E-state index in [1.54, 1.807) is 4.90 Å². The summed E-state index contributed by atoms with van der Waals surface area (Å²) in [6, 6.07) is 7.48. The van der Waals surface area contributed by atoms with Crippen molar-refractivity contribution in [3.63, 3.8) is 0 Å². The first-order valence-corrected chi connectivity index (χ1v) is 9.35. The smallest absolute Gasteiger partial charge is 0.410 e. The molecule has 7 nitrogen and oxygen atoms in total. The van der Waals surface area contributed by atoms with Crippen LogP contribution in [-0.2, 0) is 14.3 Å². The normalized spacial score (nSPS) is 27.8. The zero-order valence-corrected chi connectivity index (χ0v) is 16.4. The van der Waals surface area contributed by atoms with E-state index in [9.17, 15) is 9.59 Å². The van der Waals surface area contributed by atoms with Crippen molar-refractivity contribution in [2.75, 3.05) is 25.9 Å². The number of fused-ring (bicyclic) bond motifs is 1. The van der Waals surface area contributed by atoms with E-state index < -0.39 is 5.60 Å². The molecule has 0 radical (unpaired) electrons. The van der Waals surface area contributed by atoms with Gasteiger partial charge in [-0.15, -0.1) is 0 Å². The fourth-order valence-electron chi connectivity index (χ4n) is 4.00. The van der Waals surface area contributed by atoms with Crippen molar-refractivity contribution < 1.29 is 19.1 Å². The fourth-order valence-corrected chi connectivity index (χ4v) is 4.00. The fraction of sp³-hybridized carbons (Fsp3) is 0.600. The molecule has 0 aliphatic carbocycles. The zero-order valence-electron chi connectivity index (χ0n) is 16.4. The van der Waals surface area contributed by atoms with Gasteiger partial charge in [0.05, 0.1) is 13.0 Å². The maximum atomic E-state index is 12.4. The number of likely N-dealkylation sites (tertiary alicyclic amines) is 1. The van der Waals surface area contributed by atoms with Gasteiger partial charge in [-0.3, -0.25) is 4.79 Å². The lowest BCUT2D eigenvalue weighted by molar-refractivity contribution is -0.148. The topological polar surface area (TPSA) is 93.9 Å². The number of ether oxygens (including phenoxy) is 2. The number of anilines is 1. The van der Waals surface area contributed by atoms with Crippen molar-refractivity contribution >= 4 is 17.7 Å². The van der Waals surface area contributed by atoms with E-state index in [-0.39, 0.29) is 36.0 Å². The van der Waals surface area contributed by atoms with Gasteiger partial charge < -0.3 is 25.4 Å². The average molecular weight is 375 g/mol. The van der Waals surface area contributed by atoms with Crippen molar-refractivity contribution in [1.82, 2.24) is 10.2 Å². The maximum absolute atomic E-state index is 12.4. The molecule has 1 amide bonds. The zero-order chi connectivity index (χ0) is 19.8. The molecule has 1 aromatic carbocycles. The predicted octanol–water partition coefficient (Wildman–Crippen LogP) is 2.33. The molecular weight excluding hydrogens is 346 g/mol. The van der Waals surface area contributed by atoms with Crippen LogP contribution in [-0.4, -0.2) is 48.8 Å². The van der Waals surface area contributed by atoms with Crippen LogP contribution in [0.5, 0.6) is 0 Å². The Labute approximate surface area is 160 Å². The molecule has 27 heavy (non-hydrogen) atoms. The number of benzene rings is 1. The van der Waals surface area contributed by atoms with Crippen LogP contribution in [0.4, 0.5) is 10.5 Å². The number of carbonyl (C=O) groups is 2. The minimum absolute atomic E-state index is 0.112.